The molecular weight excluding hydrogens is 372 g/mol. The first-order valence-corrected chi connectivity index (χ1v) is 12.3. The molecule has 0 aromatic heterocycles. The third kappa shape index (κ3) is 4.13. The zero-order chi connectivity index (χ0) is 19.7. The normalized spacial score (nSPS) is 29.0. The molecule has 1 saturated heterocycles. The van der Waals surface area contributed by atoms with Crippen molar-refractivity contribution in [1.29, 1.82) is 0 Å². The molecule has 6 heteroatoms. The van der Waals surface area contributed by atoms with E-state index >= 15 is 0 Å². The lowest BCUT2D eigenvalue weighted by atomic mass is 9.84. The molecule has 154 valence electrons. The Morgan fingerprint density at radius 2 is 1.82 bits per heavy atom. The highest BCUT2D eigenvalue weighted by atomic mass is 32.2. The maximum Gasteiger partial charge on any atom is 0.243 e. The summed E-state index contributed by atoms with van der Waals surface area (Å²) in [6.45, 7) is 3.35. The molecule has 0 spiro atoms. The highest BCUT2D eigenvalue weighted by molar-refractivity contribution is 7.89. The number of amides is 1. The summed E-state index contributed by atoms with van der Waals surface area (Å²) in [6.07, 6.45) is 8.55. The Hall–Kier alpha value is -1.40. The second-order valence-electron chi connectivity index (χ2n) is 8.98. The summed E-state index contributed by atoms with van der Waals surface area (Å²) in [6, 6.07) is 7.07. The van der Waals surface area contributed by atoms with Crippen molar-refractivity contribution in [2.45, 2.75) is 69.2 Å². The third-order valence-corrected chi connectivity index (χ3v) is 8.98. The number of fused-ring (bicyclic) bond motifs is 2. The lowest BCUT2D eigenvalue weighted by molar-refractivity contribution is -0.121. The zero-order valence-corrected chi connectivity index (χ0v) is 17.6. The molecule has 3 aliphatic rings. The van der Waals surface area contributed by atoms with Crippen molar-refractivity contribution in [3.8, 4) is 0 Å². The Morgan fingerprint density at radius 3 is 2.43 bits per heavy atom. The van der Waals surface area contributed by atoms with Crippen molar-refractivity contribution >= 4 is 15.9 Å². The molecule has 1 N–H and O–H groups in total. The van der Waals surface area contributed by atoms with Gasteiger partial charge in [-0.1, -0.05) is 25.0 Å². The molecule has 1 heterocycles. The minimum Gasteiger partial charge on any atom is -0.353 e. The predicted molar refractivity (Wildman–Crippen MR) is 109 cm³/mol. The van der Waals surface area contributed by atoms with Gasteiger partial charge < -0.3 is 5.32 Å². The number of carbonyl (C=O) groups excluding carboxylic acids is 1. The van der Waals surface area contributed by atoms with Crippen LogP contribution < -0.4 is 5.32 Å². The summed E-state index contributed by atoms with van der Waals surface area (Å²) in [5.74, 6) is 2.32. The van der Waals surface area contributed by atoms with Gasteiger partial charge in [-0.05, 0) is 74.5 Å². The molecule has 0 radical (unpaired) electrons. The summed E-state index contributed by atoms with van der Waals surface area (Å²) in [7, 11) is -3.41. The maximum absolute atomic E-state index is 12.7. The van der Waals surface area contributed by atoms with E-state index in [-0.39, 0.29) is 11.9 Å². The Morgan fingerprint density at radius 1 is 1.11 bits per heavy atom. The molecule has 2 bridgehead atoms. The van der Waals surface area contributed by atoms with Gasteiger partial charge >= 0.3 is 0 Å². The minimum atomic E-state index is -3.41. The fraction of sp³-hybridized carbons (Fsp3) is 0.682. The molecule has 2 saturated carbocycles. The van der Waals surface area contributed by atoms with Crippen molar-refractivity contribution in [2.24, 2.45) is 17.8 Å². The Bertz CT molecular complexity index is 800. The van der Waals surface area contributed by atoms with Crippen LogP contribution in [0.5, 0.6) is 0 Å². The molecule has 1 aromatic carbocycles. The molecule has 1 aromatic rings. The van der Waals surface area contributed by atoms with E-state index in [0.717, 1.165) is 36.7 Å². The average molecular weight is 405 g/mol. The van der Waals surface area contributed by atoms with Gasteiger partial charge in [0.2, 0.25) is 15.9 Å². The second kappa shape index (κ2) is 8.15. The quantitative estimate of drug-likeness (QED) is 0.791. The van der Waals surface area contributed by atoms with Crippen LogP contribution in [0.4, 0.5) is 0 Å². The molecule has 28 heavy (non-hydrogen) atoms. The van der Waals surface area contributed by atoms with Crippen molar-refractivity contribution in [1.82, 2.24) is 9.62 Å². The maximum atomic E-state index is 12.7. The van der Waals surface area contributed by atoms with Crippen LogP contribution >= 0.6 is 0 Å². The van der Waals surface area contributed by atoms with E-state index in [4.69, 9.17) is 0 Å². The van der Waals surface area contributed by atoms with Crippen LogP contribution in [0.25, 0.3) is 0 Å². The Labute approximate surface area is 168 Å². The smallest absolute Gasteiger partial charge is 0.243 e. The number of hydrogen-bond acceptors (Lipinski definition) is 3. The number of benzene rings is 1. The topological polar surface area (TPSA) is 66.5 Å². The van der Waals surface area contributed by atoms with Crippen molar-refractivity contribution in [3.05, 3.63) is 29.8 Å². The summed E-state index contributed by atoms with van der Waals surface area (Å²) in [4.78, 5) is 12.8. The van der Waals surface area contributed by atoms with Crippen LogP contribution in [0.3, 0.4) is 0 Å². The van der Waals surface area contributed by atoms with Gasteiger partial charge in [-0.15, -0.1) is 0 Å². The highest BCUT2D eigenvalue weighted by Gasteiger charge is 2.42. The fourth-order valence-corrected chi connectivity index (χ4v) is 7.05. The van der Waals surface area contributed by atoms with E-state index in [2.05, 4.69) is 12.2 Å². The van der Waals surface area contributed by atoms with Crippen LogP contribution in [0.1, 0.15) is 57.4 Å². The van der Waals surface area contributed by atoms with Gasteiger partial charge in [0, 0.05) is 19.1 Å². The van der Waals surface area contributed by atoms with Crippen molar-refractivity contribution < 1.29 is 13.2 Å². The van der Waals surface area contributed by atoms with E-state index in [1.165, 1.54) is 25.7 Å². The van der Waals surface area contributed by atoms with Gasteiger partial charge in [-0.25, -0.2) is 8.42 Å². The Kier molecular flexibility index (Phi) is 5.79. The molecule has 1 aliphatic heterocycles. The molecule has 0 unspecified atom stereocenters. The third-order valence-electron chi connectivity index (χ3n) is 7.06. The van der Waals surface area contributed by atoms with Gasteiger partial charge in [0.15, 0.2) is 0 Å². The summed E-state index contributed by atoms with van der Waals surface area (Å²) >= 11 is 0. The first kappa shape index (κ1) is 19.9. The van der Waals surface area contributed by atoms with Gasteiger partial charge in [-0.3, -0.25) is 4.79 Å². The summed E-state index contributed by atoms with van der Waals surface area (Å²) in [5.41, 5.74) is 0.857. The van der Waals surface area contributed by atoms with Gasteiger partial charge in [0.05, 0.1) is 11.3 Å². The SMILES string of the molecule is C[C@H](NC(=O)Cc1ccc(S(=O)(=O)N2CCCCC2)cc1)[C@H]1C[C@@H]2CC[C@@H]1C2. The van der Waals surface area contributed by atoms with Crippen LogP contribution in [-0.2, 0) is 21.2 Å². The van der Waals surface area contributed by atoms with Crippen molar-refractivity contribution in [3.63, 3.8) is 0 Å². The molecular formula is C22H32N2O3S. The number of rotatable bonds is 6. The standard InChI is InChI=1S/C22H32N2O3S/c1-16(21-14-18-5-8-19(21)13-18)23-22(25)15-17-6-9-20(10-7-17)28(26,27)24-11-3-2-4-12-24/h6-7,9-10,16,18-19,21H,2-5,8,11-15H2,1H3,(H,23,25)/t16-,18+,19+,21+/m0/s1. The van der Waals surface area contributed by atoms with E-state index in [9.17, 15) is 13.2 Å². The first-order valence-electron chi connectivity index (χ1n) is 10.8. The molecule has 5 nitrogen and oxygen atoms in total. The minimum absolute atomic E-state index is 0.0295. The van der Waals surface area contributed by atoms with Gasteiger partial charge in [0.1, 0.15) is 0 Å². The number of nitrogens with one attached hydrogen (secondary N) is 1. The average Bonchev–Trinajstić information content (AvgIpc) is 3.32. The molecule has 4 rings (SSSR count). The molecule has 2 aliphatic carbocycles. The van der Waals surface area contributed by atoms with E-state index in [0.29, 0.717) is 30.3 Å². The van der Waals surface area contributed by atoms with Crippen LogP contribution in [0.15, 0.2) is 29.2 Å². The largest absolute Gasteiger partial charge is 0.353 e. The van der Waals surface area contributed by atoms with E-state index in [1.54, 1.807) is 28.6 Å². The van der Waals surface area contributed by atoms with Crippen LogP contribution in [0.2, 0.25) is 0 Å². The number of hydrogen-bond donors (Lipinski definition) is 1. The Balaban J connectivity index is 1.33. The zero-order valence-electron chi connectivity index (χ0n) is 16.8. The second-order valence-corrected chi connectivity index (χ2v) is 10.9. The van der Waals surface area contributed by atoms with E-state index < -0.39 is 10.0 Å². The summed E-state index contributed by atoms with van der Waals surface area (Å²) in [5, 5.41) is 3.19. The molecule has 3 fully saturated rings. The molecule has 4 atom stereocenters. The number of sulfonamides is 1. The number of carbonyl (C=O) groups is 1. The predicted octanol–water partition coefficient (Wildman–Crippen LogP) is 3.34. The number of piperidine rings is 1. The lowest BCUT2D eigenvalue weighted by Gasteiger charge is -2.28. The number of nitrogens with zero attached hydrogens (tertiary/aromatic N) is 1. The van der Waals surface area contributed by atoms with Gasteiger partial charge in [0.25, 0.3) is 0 Å². The van der Waals surface area contributed by atoms with Crippen LogP contribution in [0, 0.1) is 17.8 Å². The highest BCUT2D eigenvalue weighted by Crippen LogP contribution is 2.49. The fourth-order valence-electron chi connectivity index (χ4n) is 5.54. The van der Waals surface area contributed by atoms with E-state index in [1.807, 2.05) is 0 Å². The molecule has 1 amide bonds. The van der Waals surface area contributed by atoms with Crippen LogP contribution in [-0.4, -0.2) is 37.8 Å². The lowest BCUT2D eigenvalue weighted by Crippen LogP contribution is -2.40. The monoisotopic (exact) mass is 404 g/mol. The van der Waals surface area contributed by atoms with Gasteiger partial charge in [-0.2, -0.15) is 4.31 Å². The van der Waals surface area contributed by atoms with Crippen molar-refractivity contribution in [2.75, 3.05) is 13.1 Å². The first-order chi connectivity index (χ1) is 13.4. The summed E-state index contributed by atoms with van der Waals surface area (Å²) < 4.78 is 27.0.